The molecule has 0 saturated carbocycles. The molecule has 0 bridgehead atoms. The number of carbonyl (C=O) groups is 1. The topological polar surface area (TPSA) is 61.8 Å². The number of ether oxygens (including phenoxy) is 1. The summed E-state index contributed by atoms with van der Waals surface area (Å²) < 4.78 is 5.25. The van der Waals surface area contributed by atoms with E-state index >= 15 is 0 Å². The highest BCUT2D eigenvalue weighted by molar-refractivity contribution is 5.68. The SMILES string of the molecule is C[C@@H](CN(CCO)Cc1ccccc1)NC(=O)OC(C)(C)C. The molecule has 0 aromatic heterocycles. The standard InChI is InChI=1S/C17H28N2O3/c1-14(18-16(21)22-17(2,3)4)12-19(10-11-20)13-15-8-6-5-7-9-15/h5-9,14,20H,10-13H2,1-4H3,(H,18,21)/t14-/m0/s1. The first-order valence-corrected chi connectivity index (χ1v) is 7.67. The first kappa shape index (κ1) is 18.5. The van der Waals surface area contributed by atoms with Crippen LogP contribution in [0.15, 0.2) is 30.3 Å². The zero-order valence-electron chi connectivity index (χ0n) is 14.0. The minimum atomic E-state index is -0.501. The van der Waals surface area contributed by atoms with Gasteiger partial charge in [0.05, 0.1) is 6.61 Å². The van der Waals surface area contributed by atoms with Crippen LogP contribution >= 0.6 is 0 Å². The molecule has 0 spiro atoms. The molecule has 5 nitrogen and oxygen atoms in total. The highest BCUT2D eigenvalue weighted by Gasteiger charge is 2.19. The fourth-order valence-corrected chi connectivity index (χ4v) is 2.16. The van der Waals surface area contributed by atoms with Crippen molar-refractivity contribution in [2.24, 2.45) is 0 Å². The molecular formula is C17H28N2O3. The van der Waals surface area contributed by atoms with Crippen molar-refractivity contribution in [3.63, 3.8) is 0 Å². The molecule has 0 radical (unpaired) electrons. The summed E-state index contributed by atoms with van der Waals surface area (Å²) in [6.45, 7) is 9.48. The Balaban J connectivity index is 2.50. The summed E-state index contributed by atoms with van der Waals surface area (Å²) in [5.74, 6) is 0. The lowest BCUT2D eigenvalue weighted by Crippen LogP contribution is -2.44. The number of carbonyl (C=O) groups excluding carboxylic acids is 1. The van der Waals surface area contributed by atoms with E-state index < -0.39 is 11.7 Å². The first-order valence-electron chi connectivity index (χ1n) is 7.67. The minimum Gasteiger partial charge on any atom is -0.444 e. The van der Waals surface area contributed by atoms with Crippen molar-refractivity contribution in [3.8, 4) is 0 Å². The van der Waals surface area contributed by atoms with E-state index in [1.807, 2.05) is 45.9 Å². The van der Waals surface area contributed by atoms with Crippen LogP contribution in [0.4, 0.5) is 4.79 Å². The van der Waals surface area contributed by atoms with E-state index in [-0.39, 0.29) is 12.6 Å². The van der Waals surface area contributed by atoms with Gasteiger partial charge in [0, 0.05) is 25.7 Å². The molecule has 22 heavy (non-hydrogen) atoms. The number of hydrogen-bond donors (Lipinski definition) is 2. The zero-order valence-corrected chi connectivity index (χ0v) is 14.0. The van der Waals surface area contributed by atoms with Gasteiger partial charge < -0.3 is 15.2 Å². The molecule has 1 atom stereocenters. The molecule has 0 saturated heterocycles. The van der Waals surface area contributed by atoms with Gasteiger partial charge in [0.1, 0.15) is 5.60 Å². The highest BCUT2D eigenvalue weighted by atomic mass is 16.6. The van der Waals surface area contributed by atoms with Crippen LogP contribution < -0.4 is 5.32 Å². The van der Waals surface area contributed by atoms with Gasteiger partial charge in [-0.05, 0) is 33.3 Å². The largest absolute Gasteiger partial charge is 0.444 e. The maximum Gasteiger partial charge on any atom is 0.407 e. The third kappa shape index (κ3) is 8.00. The number of rotatable bonds is 7. The summed E-state index contributed by atoms with van der Waals surface area (Å²) in [4.78, 5) is 13.9. The molecule has 1 aromatic carbocycles. The van der Waals surface area contributed by atoms with E-state index in [9.17, 15) is 9.90 Å². The molecular weight excluding hydrogens is 280 g/mol. The van der Waals surface area contributed by atoms with E-state index in [0.717, 1.165) is 6.54 Å². The van der Waals surface area contributed by atoms with Crippen molar-refractivity contribution in [2.45, 2.75) is 45.9 Å². The van der Waals surface area contributed by atoms with E-state index in [2.05, 4.69) is 22.3 Å². The summed E-state index contributed by atoms with van der Waals surface area (Å²) in [5, 5.41) is 12.0. The average molecular weight is 308 g/mol. The third-order valence-corrected chi connectivity index (χ3v) is 2.96. The predicted octanol–water partition coefficient (Wildman–Crippen LogP) is 2.39. The van der Waals surface area contributed by atoms with Gasteiger partial charge in [0.2, 0.25) is 0 Å². The van der Waals surface area contributed by atoms with Gasteiger partial charge >= 0.3 is 6.09 Å². The Morgan fingerprint density at radius 1 is 1.32 bits per heavy atom. The number of benzene rings is 1. The van der Waals surface area contributed by atoms with Gasteiger partial charge in [-0.2, -0.15) is 0 Å². The second kappa shape index (κ2) is 8.76. The Bertz CT molecular complexity index is 443. The summed E-state index contributed by atoms with van der Waals surface area (Å²) >= 11 is 0. The van der Waals surface area contributed by atoms with Crippen LogP contribution in [0.25, 0.3) is 0 Å². The lowest BCUT2D eigenvalue weighted by atomic mass is 10.2. The van der Waals surface area contributed by atoms with Gasteiger partial charge in [-0.3, -0.25) is 4.90 Å². The molecule has 1 rings (SSSR count). The third-order valence-electron chi connectivity index (χ3n) is 2.96. The lowest BCUT2D eigenvalue weighted by Gasteiger charge is -2.27. The van der Waals surface area contributed by atoms with Crippen molar-refractivity contribution < 1.29 is 14.6 Å². The van der Waals surface area contributed by atoms with Crippen molar-refractivity contribution in [1.29, 1.82) is 0 Å². The smallest absolute Gasteiger partial charge is 0.407 e. The monoisotopic (exact) mass is 308 g/mol. The molecule has 1 amide bonds. The summed E-state index contributed by atoms with van der Waals surface area (Å²) in [6, 6.07) is 10.0. The molecule has 5 heteroatoms. The van der Waals surface area contributed by atoms with Gasteiger partial charge in [0.15, 0.2) is 0 Å². The van der Waals surface area contributed by atoms with Crippen LogP contribution in [0.3, 0.4) is 0 Å². The molecule has 0 aliphatic carbocycles. The van der Waals surface area contributed by atoms with Crippen molar-refractivity contribution in [1.82, 2.24) is 10.2 Å². The van der Waals surface area contributed by atoms with E-state index in [0.29, 0.717) is 13.1 Å². The molecule has 0 heterocycles. The van der Waals surface area contributed by atoms with Crippen LogP contribution in [0.2, 0.25) is 0 Å². The first-order chi connectivity index (χ1) is 10.3. The molecule has 2 N–H and O–H groups in total. The van der Waals surface area contributed by atoms with Crippen molar-refractivity contribution in [3.05, 3.63) is 35.9 Å². The number of aliphatic hydroxyl groups is 1. The maximum atomic E-state index is 11.8. The molecule has 124 valence electrons. The number of hydrogen-bond acceptors (Lipinski definition) is 4. The van der Waals surface area contributed by atoms with E-state index in [1.54, 1.807) is 0 Å². The second-order valence-corrected chi connectivity index (χ2v) is 6.49. The zero-order chi connectivity index (χ0) is 16.6. The molecule has 0 aliphatic heterocycles. The van der Waals surface area contributed by atoms with Crippen LogP contribution in [0.5, 0.6) is 0 Å². The highest BCUT2D eigenvalue weighted by Crippen LogP contribution is 2.08. The fraction of sp³-hybridized carbons (Fsp3) is 0.588. The lowest BCUT2D eigenvalue weighted by molar-refractivity contribution is 0.0494. The molecule has 1 aromatic rings. The number of alkyl carbamates (subject to hydrolysis) is 1. The number of aliphatic hydroxyl groups excluding tert-OH is 1. The molecule has 0 aliphatic rings. The van der Waals surface area contributed by atoms with Gasteiger partial charge in [-0.1, -0.05) is 30.3 Å². The van der Waals surface area contributed by atoms with Crippen LogP contribution in [-0.2, 0) is 11.3 Å². The summed E-state index contributed by atoms with van der Waals surface area (Å²) in [6.07, 6.45) is -0.413. The summed E-state index contributed by atoms with van der Waals surface area (Å²) in [7, 11) is 0. The Morgan fingerprint density at radius 2 is 1.95 bits per heavy atom. The average Bonchev–Trinajstić information content (AvgIpc) is 2.37. The number of amides is 1. The van der Waals surface area contributed by atoms with Gasteiger partial charge in [-0.15, -0.1) is 0 Å². The van der Waals surface area contributed by atoms with Gasteiger partial charge in [0.25, 0.3) is 0 Å². The maximum absolute atomic E-state index is 11.8. The Morgan fingerprint density at radius 3 is 2.50 bits per heavy atom. The van der Waals surface area contributed by atoms with Crippen molar-refractivity contribution >= 4 is 6.09 Å². The van der Waals surface area contributed by atoms with Crippen LogP contribution in [-0.4, -0.2) is 47.4 Å². The van der Waals surface area contributed by atoms with Gasteiger partial charge in [-0.25, -0.2) is 4.79 Å². The summed E-state index contributed by atoms with van der Waals surface area (Å²) in [5.41, 5.74) is 0.680. The Labute approximate surface area is 133 Å². The van der Waals surface area contributed by atoms with Crippen LogP contribution in [0, 0.1) is 0 Å². The second-order valence-electron chi connectivity index (χ2n) is 6.49. The normalized spacial score (nSPS) is 13.0. The molecule has 0 unspecified atom stereocenters. The number of nitrogens with zero attached hydrogens (tertiary/aromatic N) is 1. The molecule has 0 fully saturated rings. The van der Waals surface area contributed by atoms with Crippen molar-refractivity contribution in [2.75, 3.05) is 19.7 Å². The minimum absolute atomic E-state index is 0.0647. The Hall–Kier alpha value is -1.59. The quantitative estimate of drug-likeness (QED) is 0.812. The number of nitrogens with one attached hydrogen (secondary N) is 1. The van der Waals surface area contributed by atoms with E-state index in [1.165, 1.54) is 5.56 Å². The fourth-order valence-electron chi connectivity index (χ4n) is 2.16. The van der Waals surface area contributed by atoms with Crippen LogP contribution in [0.1, 0.15) is 33.3 Å². The Kier molecular flexibility index (Phi) is 7.35. The van der Waals surface area contributed by atoms with E-state index in [4.69, 9.17) is 4.74 Å². The predicted molar refractivity (Wildman–Crippen MR) is 87.6 cm³/mol.